The molecule has 2 saturated heterocycles. The lowest BCUT2D eigenvalue weighted by molar-refractivity contribution is -0.131. The van der Waals surface area contributed by atoms with Crippen molar-refractivity contribution in [2.75, 3.05) is 13.1 Å². The number of benzene rings is 1. The Kier molecular flexibility index (Phi) is 5.21. The molecule has 0 saturated carbocycles. The van der Waals surface area contributed by atoms with Gasteiger partial charge in [0.2, 0.25) is 5.91 Å². The quantitative estimate of drug-likeness (QED) is 0.842. The third-order valence-corrected chi connectivity index (χ3v) is 6.07. The van der Waals surface area contributed by atoms with E-state index in [0.717, 1.165) is 48.5 Å². The van der Waals surface area contributed by atoms with E-state index in [1.54, 1.807) is 0 Å². The van der Waals surface area contributed by atoms with Crippen molar-refractivity contribution >= 4 is 17.5 Å². The molecule has 2 N–H and O–H groups in total. The maximum atomic E-state index is 13.0. The Morgan fingerprint density at radius 3 is 3.00 bits per heavy atom. The minimum atomic E-state index is 0.113. The summed E-state index contributed by atoms with van der Waals surface area (Å²) in [5.74, 6) is 1.23. The number of carbonyl (C=O) groups excluding carboxylic acids is 1. The van der Waals surface area contributed by atoms with Gasteiger partial charge >= 0.3 is 0 Å². The average Bonchev–Trinajstić information content (AvgIpc) is 3.35. The standard InChI is InChI=1S/C20H25ClN4O2/c1-12-13(2)24-27-20(12)16-11-22-23-19(16)17-7-4-8-25(17)18(26)10-14-5-3-6-15(21)9-14/h3,5-6,9,16-17,19,22-23H,4,7-8,10-11H2,1-2H3. The van der Waals surface area contributed by atoms with Crippen molar-refractivity contribution in [2.45, 2.75) is 51.1 Å². The first kappa shape index (κ1) is 18.5. The molecule has 6 nitrogen and oxygen atoms in total. The van der Waals surface area contributed by atoms with Crippen molar-refractivity contribution in [3.8, 4) is 0 Å². The summed E-state index contributed by atoms with van der Waals surface area (Å²) in [6.45, 7) is 5.58. The van der Waals surface area contributed by atoms with E-state index in [4.69, 9.17) is 16.1 Å². The number of aryl methyl sites for hydroxylation is 1. The lowest BCUT2D eigenvalue weighted by Crippen LogP contribution is -2.50. The smallest absolute Gasteiger partial charge is 0.227 e. The highest BCUT2D eigenvalue weighted by atomic mass is 35.5. The first-order chi connectivity index (χ1) is 13.0. The number of hydrogen-bond donors (Lipinski definition) is 2. The van der Waals surface area contributed by atoms with Crippen LogP contribution in [0.2, 0.25) is 5.02 Å². The molecule has 2 fully saturated rings. The fraction of sp³-hybridized carbons (Fsp3) is 0.500. The Bertz CT molecular complexity index is 837. The number of halogens is 1. The van der Waals surface area contributed by atoms with Crippen LogP contribution in [0, 0.1) is 13.8 Å². The zero-order chi connectivity index (χ0) is 19.0. The Morgan fingerprint density at radius 2 is 2.26 bits per heavy atom. The van der Waals surface area contributed by atoms with Crippen LogP contribution in [0.5, 0.6) is 0 Å². The molecule has 0 aliphatic carbocycles. The summed E-state index contributed by atoms with van der Waals surface area (Å²) in [4.78, 5) is 15.0. The van der Waals surface area contributed by atoms with Gasteiger partial charge in [0.25, 0.3) is 0 Å². The van der Waals surface area contributed by atoms with Crippen LogP contribution >= 0.6 is 11.6 Å². The van der Waals surface area contributed by atoms with E-state index in [1.165, 1.54) is 0 Å². The highest BCUT2D eigenvalue weighted by Crippen LogP contribution is 2.33. The van der Waals surface area contributed by atoms with Crippen molar-refractivity contribution in [3.05, 3.63) is 51.9 Å². The Balaban J connectivity index is 1.52. The number of likely N-dealkylation sites (tertiary alicyclic amines) is 1. The van der Waals surface area contributed by atoms with Crippen LogP contribution < -0.4 is 10.9 Å². The van der Waals surface area contributed by atoms with Crippen LogP contribution in [0.3, 0.4) is 0 Å². The second-order valence-corrected chi connectivity index (χ2v) is 7.95. The van der Waals surface area contributed by atoms with E-state index >= 15 is 0 Å². The van der Waals surface area contributed by atoms with Gasteiger partial charge in [-0.1, -0.05) is 28.9 Å². The largest absolute Gasteiger partial charge is 0.360 e. The third-order valence-electron chi connectivity index (χ3n) is 5.83. The van der Waals surface area contributed by atoms with E-state index in [1.807, 2.05) is 43.0 Å². The molecule has 2 aromatic rings. The highest BCUT2D eigenvalue weighted by molar-refractivity contribution is 6.30. The van der Waals surface area contributed by atoms with Crippen LogP contribution in [0.15, 0.2) is 28.8 Å². The van der Waals surface area contributed by atoms with Crippen LogP contribution in [0.4, 0.5) is 0 Å². The number of nitrogens with zero attached hydrogens (tertiary/aromatic N) is 2. The lowest BCUT2D eigenvalue weighted by atomic mass is 9.89. The molecule has 3 unspecified atom stereocenters. The van der Waals surface area contributed by atoms with Crippen molar-refractivity contribution < 1.29 is 9.32 Å². The summed E-state index contributed by atoms with van der Waals surface area (Å²) in [5.41, 5.74) is 9.63. The Morgan fingerprint density at radius 1 is 1.41 bits per heavy atom. The van der Waals surface area contributed by atoms with Crippen molar-refractivity contribution in [1.82, 2.24) is 20.9 Å². The number of hydrazine groups is 1. The summed E-state index contributed by atoms with van der Waals surface area (Å²) in [5, 5.41) is 4.78. The van der Waals surface area contributed by atoms with Gasteiger partial charge in [0, 0.05) is 29.7 Å². The SMILES string of the molecule is Cc1noc(C2CNNC2C2CCCN2C(=O)Cc2cccc(Cl)c2)c1C. The summed E-state index contributed by atoms with van der Waals surface area (Å²) < 4.78 is 5.63. The molecule has 0 bridgehead atoms. The molecule has 2 aliphatic rings. The number of nitrogens with one attached hydrogen (secondary N) is 2. The van der Waals surface area contributed by atoms with E-state index in [9.17, 15) is 4.79 Å². The van der Waals surface area contributed by atoms with Gasteiger partial charge in [-0.2, -0.15) is 0 Å². The molecular weight excluding hydrogens is 364 g/mol. The van der Waals surface area contributed by atoms with Crippen molar-refractivity contribution in [1.29, 1.82) is 0 Å². The second kappa shape index (κ2) is 7.62. The third kappa shape index (κ3) is 3.61. The predicted molar refractivity (Wildman–Crippen MR) is 104 cm³/mol. The minimum absolute atomic E-state index is 0.113. The molecule has 3 heterocycles. The summed E-state index contributed by atoms with van der Waals surface area (Å²) in [7, 11) is 0. The first-order valence-corrected chi connectivity index (χ1v) is 9.87. The zero-order valence-corrected chi connectivity index (χ0v) is 16.4. The maximum Gasteiger partial charge on any atom is 0.227 e. The maximum absolute atomic E-state index is 13.0. The molecule has 0 radical (unpaired) electrons. The topological polar surface area (TPSA) is 70.4 Å². The Hall–Kier alpha value is -1.89. The van der Waals surface area contributed by atoms with Crippen LogP contribution in [0.1, 0.15) is 41.3 Å². The molecule has 0 spiro atoms. The lowest BCUT2D eigenvalue weighted by Gasteiger charge is -2.32. The van der Waals surface area contributed by atoms with Gasteiger partial charge in [0.15, 0.2) is 0 Å². The van der Waals surface area contributed by atoms with E-state index < -0.39 is 0 Å². The number of rotatable bonds is 4. The fourth-order valence-corrected chi connectivity index (χ4v) is 4.52. The van der Waals surface area contributed by atoms with Gasteiger partial charge in [0.1, 0.15) is 5.76 Å². The second-order valence-electron chi connectivity index (χ2n) is 7.52. The molecule has 1 amide bonds. The van der Waals surface area contributed by atoms with Crippen molar-refractivity contribution in [2.24, 2.45) is 0 Å². The number of amides is 1. The van der Waals surface area contributed by atoms with E-state index in [-0.39, 0.29) is 23.9 Å². The number of aromatic nitrogens is 1. The van der Waals surface area contributed by atoms with Gasteiger partial charge in [-0.05, 0) is 44.4 Å². The molecule has 2 aliphatic heterocycles. The van der Waals surface area contributed by atoms with E-state index in [2.05, 4.69) is 16.0 Å². The van der Waals surface area contributed by atoms with E-state index in [0.29, 0.717) is 11.4 Å². The highest BCUT2D eigenvalue weighted by Gasteiger charge is 2.43. The van der Waals surface area contributed by atoms with Gasteiger partial charge in [0.05, 0.1) is 24.1 Å². The van der Waals surface area contributed by atoms with Gasteiger partial charge in [-0.25, -0.2) is 0 Å². The Labute approximate surface area is 164 Å². The number of hydrogen-bond acceptors (Lipinski definition) is 5. The molecule has 7 heteroatoms. The monoisotopic (exact) mass is 388 g/mol. The average molecular weight is 389 g/mol. The van der Waals surface area contributed by atoms with Crippen LogP contribution in [-0.4, -0.2) is 41.1 Å². The molecule has 1 aromatic heterocycles. The normalized spacial score (nSPS) is 25.3. The predicted octanol–water partition coefficient (Wildman–Crippen LogP) is 2.74. The van der Waals surface area contributed by atoms with Gasteiger partial charge in [-0.3, -0.25) is 15.6 Å². The minimum Gasteiger partial charge on any atom is -0.360 e. The zero-order valence-electron chi connectivity index (χ0n) is 15.7. The summed E-state index contributed by atoms with van der Waals surface area (Å²) in [6, 6.07) is 7.79. The molecule has 144 valence electrons. The van der Waals surface area contributed by atoms with Crippen LogP contribution in [0.25, 0.3) is 0 Å². The summed E-state index contributed by atoms with van der Waals surface area (Å²) >= 11 is 6.06. The molecule has 3 atom stereocenters. The van der Waals surface area contributed by atoms with Crippen LogP contribution in [-0.2, 0) is 11.2 Å². The van der Waals surface area contributed by atoms with Crippen molar-refractivity contribution in [3.63, 3.8) is 0 Å². The van der Waals surface area contributed by atoms with Gasteiger partial charge < -0.3 is 9.42 Å². The molecular formula is C20H25ClN4O2. The molecule has 27 heavy (non-hydrogen) atoms. The molecule has 4 rings (SSSR count). The molecule has 1 aromatic carbocycles. The number of carbonyl (C=O) groups is 1. The first-order valence-electron chi connectivity index (χ1n) is 9.49. The van der Waals surface area contributed by atoms with Gasteiger partial charge in [-0.15, -0.1) is 0 Å². The fourth-order valence-electron chi connectivity index (χ4n) is 4.31. The summed E-state index contributed by atoms with van der Waals surface area (Å²) in [6.07, 6.45) is 2.39.